The average molecular weight is 370 g/mol. The Balaban J connectivity index is 1.80. The van der Waals surface area contributed by atoms with Gasteiger partial charge in [0.1, 0.15) is 11.5 Å². The van der Waals surface area contributed by atoms with E-state index in [1.165, 1.54) is 0 Å². The molecule has 0 saturated heterocycles. The highest BCUT2D eigenvalue weighted by atomic mass is 16.5. The third kappa shape index (κ3) is 6.02. The lowest BCUT2D eigenvalue weighted by atomic mass is 10.1. The number of hydrogen-bond acceptors (Lipinski definition) is 4. The molecule has 144 valence electrons. The molecule has 1 atom stereocenters. The molecule has 1 unspecified atom stereocenters. The lowest BCUT2D eigenvalue weighted by molar-refractivity contribution is -0.123. The van der Waals surface area contributed by atoms with Crippen LogP contribution in [0.2, 0.25) is 0 Å². The zero-order chi connectivity index (χ0) is 19.8. The summed E-state index contributed by atoms with van der Waals surface area (Å²) in [7, 11) is 0. The van der Waals surface area contributed by atoms with Crippen LogP contribution in [0.5, 0.6) is 11.5 Å². The second-order valence-corrected chi connectivity index (χ2v) is 6.35. The molecule has 0 aliphatic carbocycles. The van der Waals surface area contributed by atoms with E-state index in [1.54, 1.807) is 30.3 Å². The first-order valence-electron chi connectivity index (χ1n) is 8.95. The van der Waals surface area contributed by atoms with Crippen LogP contribution in [0.25, 0.3) is 0 Å². The molecule has 0 heterocycles. The van der Waals surface area contributed by atoms with Crippen LogP contribution >= 0.6 is 0 Å². The molecule has 2 N–H and O–H groups in total. The zero-order valence-corrected chi connectivity index (χ0v) is 16.2. The highest BCUT2D eigenvalue weighted by Crippen LogP contribution is 2.20. The fraction of sp³-hybridized carbons (Fsp3) is 0.333. The molecule has 0 fully saturated rings. The molecule has 27 heavy (non-hydrogen) atoms. The summed E-state index contributed by atoms with van der Waals surface area (Å²) in [6, 6.07) is 12.4. The molecule has 6 heteroatoms. The number of hydrogen-bond donors (Lipinski definition) is 2. The summed E-state index contributed by atoms with van der Waals surface area (Å²) in [6.07, 6.45) is 1.01. The molecule has 0 spiro atoms. The summed E-state index contributed by atoms with van der Waals surface area (Å²) in [6.45, 7) is 7.74. The summed E-state index contributed by atoms with van der Waals surface area (Å²) in [5, 5.41) is 0. The number of carbonyl (C=O) groups is 2. The second kappa shape index (κ2) is 9.62. The van der Waals surface area contributed by atoms with E-state index in [9.17, 15) is 9.59 Å². The molecule has 6 nitrogen and oxygen atoms in total. The van der Waals surface area contributed by atoms with Gasteiger partial charge in [-0.1, -0.05) is 19.1 Å². The number of ether oxygens (including phenoxy) is 2. The van der Waals surface area contributed by atoms with Crippen molar-refractivity contribution in [3.8, 4) is 11.5 Å². The van der Waals surface area contributed by atoms with E-state index in [0.29, 0.717) is 17.1 Å². The van der Waals surface area contributed by atoms with Gasteiger partial charge in [-0.15, -0.1) is 0 Å². The van der Waals surface area contributed by atoms with Crippen molar-refractivity contribution in [3.05, 3.63) is 59.2 Å². The monoisotopic (exact) mass is 370 g/mol. The Labute approximate surface area is 159 Å². The normalized spacial score (nSPS) is 11.4. The summed E-state index contributed by atoms with van der Waals surface area (Å²) in [5.74, 6) is 0.492. The molecule has 0 aliphatic heterocycles. The van der Waals surface area contributed by atoms with Gasteiger partial charge >= 0.3 is 0 Å². The number of amides is 2. The predicted octanol–water partition coefficient (Wildman–Crippen LogP) is 3.32. The van der Waals surface area contributed by atoms with Gasteiger partial charge in [0, 0.05) is 5.56 Å². The van der Waals surface area contributed by atoms with Gasteiger partial charge in [0.05, 0.1) is 6.10 Å². The highest BCUT2D eigenvalue weighted by Gasteiger charge is 2.10. The van der Waals surface area contributed by atoms with E-state index < -0.39 is 11.8 Å². The Bertz CT molecular complexity index is 787. The molecule has 0 aliphatic rings. The van der Waals surface area contributed by atoms with E-state index in [1.807, 2.05) is 39.8 Å². The summed E-state index contributed by atoms with van der Waals surface area (Å²) in [4.78, 5) is 24.0. The summed E-state index contributed by atoms with van der Waals surface area (Å²) >= 11 is 0. The second-order valence-electron chi connectivity index (χ2n) is 6.35. The molecule has 2 aromatic carbocycles. The number of aryl methyl sites for hydroxylation is 1. The molecule has 0 radical (unpaired) electrons. The van der Waals surface area contributed by atoms with Crippen LogP contribution in [0, 0.1) is 13.8 Å². The van der Waals surface area contributed by atoms with Crippen LogP contribution in [0.15, 0.2) is 42.5 Å². The van der Waals surface area contributed by atoms with Gasteiger partial charge in [0.2, 0.25) is 0 Å². The summed E-state index contributed by atoms with van der Waals surface area (Å²) < 4.78 is 11.2. The minimum absolute atomic E-state index is 0.112. The Morgan fingerprint density at radius 3 is 2.41 bits per heavy atom. The van der Waals surface area contributed by atoms with Crippen LogP contribution in [0.1, 0.15) is 41.8 Å². The third-order valence-electron chi connectivity index (χ3n) is 4.26. The minimum Gasteiger partial charge on any atom is -0.491 e. The molecule has 0 bridgehead atoms. The van der Waals surface area contributed by atoms with Gasteiger partial charge in [-0.2, -0.15) is 0 Å². The highest BCUT2D eigenvalue weighted by molar-refractivity contribution is 5.95. The van der Waals surface area contributed by atoms with Crippen LogP contribution < -0.4 is 20.3 Å². The number of hydrazine groups is 1. The molecule has 2 amide bonds. The van der Waals surface area contributed by atoms with Gasteiger partial charge in [0.25, 0.3) is 11.8 Å². The topological polar surface area (TPSA) is 76.7 Å². The number of rotatable bonds is 7. The zero-order valence-electron chi connectivity index (χ0n) is 16.2. The van der Waals surface area contributed by atoms with Crippen LogP contribution in [-0.4, -0.2) is 24.5 Å². The van der Waals surface area contributed by atoms with E-state index in [4.69, 9.17) is 9.47 Å². The van der Waals surface area contributed by atoms with E-state index in [-0.39, 0.29) is 12.7 Å². The van der Waals surface area contributed by atoms with Gasteiger partial charge in [-0.05, 0) is 68.7 Å². The van der Waals surface area contributed by atoms with Crippen molar-refractivity contribution in [2.45, 2.75) is 40.2 Å². The Hall–Kier alpha value is -3.02. The molecule has 0 aromatic heterocycles. The van der Waals surface area contributed by atoms with Crippen molar-refractivity contribution in [2.24, 2.45) is 0 Å². The Kier molecular flexibility index (Phi) is 7.23. The first-order chi connectivity index (χ1) is 12.9. The van der Waals surface area contributed by atoms with Gasteiger partial charge in [-0.3, -0.25) is 20.4 Å². The van der Waals surface area contributed by atoms with Gasteiger partial charge in [0.15, 0.2) is 6.61 Å². The van der Waals surface area contributed by atoms with Crippen molar-refractivity contribution in [1.82, 2.24) is 10.9 Å². The average Bonchev–Trinajstić information content (AvgIpc) is 2.67. The fourth-order valence-electron chi connectivity index (χ4n) is 2.26. The first kappa shape index (κ1) is 20.3. The number of nitrogens with one attached hydrogen (secondary N) is 2. The SMILES string of the molecule is CCC(C)Oc1ccc(C(=O)NNC(=O)COc2cccc(C)c2C)cc1. The number of carbonyl (C=O) groups excluding carboxylic acids is 2. The van der Waals surface area contributed by atoms with Crippen molar-refractivity contribution < 1.29 is 19.1 Å². The maximum atomic E-state index is 12.1. The smallest absolute Gasteiger partial charge is 0.276 e. The molecule has 0 saturated carbocycles. The number of benzene rings is 2. The van der Waals surface area contributed by atoms with E-state index in [2.05, 4.69) is 10.9 Å². The van der Waals surface area contributed by atoms with Crippen molar-refractivity contribution in [2.75, 3.05) is 6.61 Å². The lowest BCUT2D eigenvalue weighted by Crippen LogP contribution is -2.43. The largest absolute Gasteiger partial charge is 0.491 e. The van der Waals surface area contributed by atoms with Crippen LogP contribution in [0.3, 0.4) is 0 Å². The fourth-order valence-corrected chi connectivity index (χ4v) is 2.26. The maximum Gasteiger partial charge on any atom is 0.276 e. The standard InChI is InChI=1S/C21H26N2O4/c1-5-15(3)27-18-11-9-17(10-12-18)21(25)23-22-20(24)13-26-19-8-6-7-14(2)16(19)4/h6-12,15H,5,13H2,1-4H3,(H,22,24)(H,23,25). The predicted molar refractivity (Wildman–Crippen MR) is 104 cm³/mol. The molecule has 2 rings (SSSR count). The van der Waals surface area contributed by atoms with Crippen molar-refractivity contribution >= 4 is 11.8 Å². The van der Waals surface area contributed by atoms with E-state index in [0.717, 1.165) is 17.5 Å². The van der Waals surface area contributed by atoms with Gasteiger partial charge < -0.3 is 9.47 Å². The first-order valence-corrected chi connectivity index (χ1v) is 8.95. The van der Waals surface area contributed by atoms with Gasteiger partial charge in [-0.25, -0.2) is 0 Å². The van der Waals surface area contributed by atoms with Crippen LogP contribution in [0.4, 0.5) is 0 Å². The lowest BCUT2D eigenvalue weighted by Gasteiger charge is -2.13. The molecule has 2 aromatic rings. The van der Waals surface area contributed by atoms with E-state index >= 15 is 0 Å². The summed E-state index contributed by atoms with van der Waals surface area (Å²) in [5.41, 5.74) is 7.20. The van der Waals surface area contributed by atoms with Crippen LogP contribution in [-0.2, 0) is 4.79 Å². The van der Waals surface area contributed by atoms with Crippen molar-refractivity contribution in [1.29, 1.82) is 0 Å². The molecular formula is C21H26N2O4. The maximum absolute atomic E-state index is 12.1. The Morgan fingerprint density at radius 2 is 1.74 bits per heavy atom. The van der Waals surface area contributed by atoms with Crippen molar-refractivity contribution in [3.63, 3.8) is 0 Å². The third-order valence-corrected chi connectivity index (χ3v) is 4.26. The quantitative estimate of drug-likeness (QED) is 0.733. The minimum atomic E-state index is -0.444. The molecular weight excluding hydrogens is 344 g/mol. The Morgan fingerprint density at radius 1 is 1.04 bits per heavy atom.